The Hall–Kier alpha value is -1.59. The molecule has 0 spiro atoms. The molecular formula is C17H28N4O. The second kappa shape index (κ2) is 8.76. The number of nitrogens with one attached hydrogen (secondary N) is 1. The van der Waals surface area contributed by atoms with E-state index < -0.39 is 0 Å². The Morgan fingerprint density at radius 1 is 1.45 bits per heavy atom. The summed E-state index contributed by atoms with van der Waals surface area (Å²) in [6.07, 6.45) is 2.48. The molecule has 0 aliphatic carbocycles. The third kappa shape index (κ3) is 4.71. The Kier molecular flexibility index (Phi) is 6.68. The Balaban J connectivity index is 1.81. The monoisotopic (exact) mass is 304 g/mol. The molecule has 0 bridgehead atoms. The predicted octanol–water partition coefficient (Wildman–Crippen LogP) is 1.15. The first-order valence-corrected chi connectivity index (χ1v) is 8.18. The van der Waals surface area contributed by atoms with E-state index in [1.165, 1.54) is 19.4 Å². The fraction of sp³-hybridized carbons (Fsp3) is 0.588. The van der Waals surface area contributed by atoms with Crippen LogP contribution >= 0.6 is 0 Å². The van der Waals surface area contributed by atoms with Crippen LogP contribution in [0.3, 0.4) is 0 Å². The first-order valence-electron chi connectivity index (χ1n) is 8.18. The minimum Gasteiger partial charge on any atom is -0.396 e. The van der Waals surface area contributed by atoms with Crippen LogP contribution in [0.5, 0.6) is 0 Å². The maximum absolute atomic E-state index is 9.52. The summed E-state index contributed by atoms with van der Waals surface area (Å²) >= 11 is 0. The molecule has 0 aromatic heterocycles. The van der Waals surface area contributed by atoms with E-state index in [1.807, 2.05) is 30.3 Å². The molecule has 0 saturated carbocycles. The van der Waals surface area contributed by atoms with Crippen molar-refractivity contribution in [2.24, 2.45) is 10.7 Å². The molecule has 1 heterocycles. The molecule has 1 aromatic rings. The number of aliphatic hydroxyl groups is 1. The minimum absolute atomic E-state index is 0.000158. The molecule has 1 saturated heterocycles. The zero-order valence-corrected chi connectivity index (χ0v) is 13.4. The van der Waals surface area contributed by atoms with Gasteiger partial charge in [0.1, 0.15) is 0 Å². The van der Waals surface area contributed by atoms with Gasteiger partial charge in [-0.3, -0.25) is 9.89 Å². The van der Waals surface area contributed by atoms with Gasteiger partial charge in [-0.05, 0) is 31.5 Å². The zero-order valence-electron chi connectivity index (χ0n) is 13.4. The fourth-order valence-corrected chi connectivity index (χ4v) is 3.02. The molecule has 122 valence electrons. The quantitative estimate of drug-likeness (QED) is 0.522. The smallest absolute Gasteiger partial charge is 0.188 e. The van der Waals surface area contributed by atoms with E-state index in [0.29, 0.717) is 18.5 Å². The molecule has 2 atom stereocenters. The summed E-state index contributed by atoms with van der Waals surface area (Å²) < 4.78 is 0. The average Bonchev–Trinajstić information content (AvgIpc) is 3.02. The van der Waals surface area contributed by atoms with E-state index in [-0.39, 0.29) is 12.5 Å². The number of hydrogen-bond acceptors (Lipinski definition) is 3. The number of likely N-dealkylation sites (tertiary alicyclic amines) is 1. The van der Waals surface area contributed by atoms with Crippen LogP contribution < -0.4 is 11.1 Å². The van der Waals surface area contributed by atoms with Crippen molar-refractivity contribution in [1.29, 1.82) is 0 Å². The topological polar surface area (TPSA) is 73.9 Å². The standard InChI is InChI=1S/C17H28N4O/c1-2-21-10-6-9-16(21)12-20-17(18)19-11-15(13-22)14-7-4-3-5-8-14/h3-5,7-8,15-16,22H,2,6,9-13H2,1H3,(H3,18,19,20). The van der Waals surface area contributed by atoms with Crippen molar-refractivity contribution in [3.8, 4) is 0 Å². The molecule has 1 aromatic carbocycles. The minimum atomic E-state index is 0.000158. The number of likely N-dealkylation sites (N-methyl/N-ethyl adjacent to an activating group) is 1. The summed E-state index contributed by atoms with van der Waals surface area (Å²) in [5.74, 6) is 0.470. The highest BCUT2D eigenvalue weighted by Crippen LogP contribution is 2.16. The van der Waals surface area contributed by atoms with Gasteiger partial charge in [0.05, 0.1) is 13.2 Å². The number of nitrogens with zero attached hydrogens (tertiary/aromatic N) is 2. The molecule has 1 fully saturated rings. The third-order valence-electron chi connectivity index (χ3n) is 4.40. The van der Waals surface area contributed by atoms with Crippen molar-refractivity contribution in [1.82, 2.24) is 10.2 Å². The Bertz CT molecular complexity index is 463. The maximum atomic E-state index is 9.52. The van der Waals surface area contributed by atoms with Gasteiger partial charge in [0.25, 0.3) is 0 Å². The summed E-state index contributed by atoms with van der Waals surface area (Å²) in [7, 11) is 0. The van der Waals surface area contributed by atoms with Crippen LogP contribution in [-0.2, 0) is 0 Å². The number of rotatable bonds is 7. The van der Waals surface area contributed by atoms with E-state index in [9.17, 15) is 5.11 Å². The van der Waals surface area contributed by atoms with Crippen molar-refractivity contribution in [2.75, 3.05) is 32.8 Å². The maximum Gasteiger partial charge on any atom is 0.188 e. The summed E-state index contributed by atoms with van der Waals surface area (Å²) in [5, 5.41) is 12.7. The molecule has 0 radical (unpaired) electrons. The summed E-state index contributed by atoms with van der Waals surface area (Å²) in [6, 6.07) is 10.5. The number of nitrogens with two attached hydrogens (primary N) is 1. The molecule has 5 heteroatoms. The lowest BCUT2D eigenvalue weighted by molar-refractivity contribution is 0.265. The first kappa shape index (κ1) is 16.8. The highest BCUT2D eigenvalue weighted by molar-refractivity contribution is 5.77. The summed E-state index contributed by atoms with van der Waals surface area (Å²) in [4.78, 5) is 6.86. The van der Waals surface area contributed by atoms with E-state index in [0.717, 1.165) is 18.7 Å². The van der Waals surface area contributed by atoms with E-state index in [2.05, 4.69) is 22.1 Å². The molecule has 5 nitrogen and oxygen atoms in total. The van der Waals surface area contributed by atoms with Gasteiger partial charge in [0, 0.05) is 18.5 Å². The normalized spacial score (nSPS) is 21.0. The van der Waals surface area contributed by atoms with E-state index in [1.54, 1.807) is 0 Å². The second-order valence-electron chi connectivity index (χ2n) is 5.82. The number of aliphatic imine (C=N–C) groups is 1. The van der Waals surface area contributed by atoms with Crippen molar-refractivity contribution >= 4 is 5.96 Å². The number of aliphatic hydroxyl groups excluding tert-OH is 1. The van der Waals surface area contributed by atoms with Gasteiger partial charge >= 0.3 is 0 Å². The van der Waals surface area contributed by atoms with Crippen LogP contribution in [0.4, 0.5) is 0 Å². The van der Waals surface area contributed by atoms with Gasteiger partial charge < -0.3 is 16.2 Å². The van der Waals surface area contributed by atoms with Crippen molar-refractivity contribution < 1.29 is 5.11 Å². The predicted molar refractivity (Wildman–Crippen MR) is 91.0 cm³/mol. The van der Waals surface area contributed by atoms with Crippen LogP contribution in [0, 0.1) is 0 Å². The molecule has 4 N–H and O–H groups in total. The number of benzene rings is 1. The number of guanidine groups is 1. The Morgan fingerprint density at radius 3 is 2.91 bits per heavy atom. The third-order valence-corrected chi connectivity index (χ3v) is 4.40. The molecule has 1 aliphatic heterocycles. The van der Waals surface area contributed by atoms with Gasteiger partial charge in [-0.2, -0.15) is 0 Å². The van der Waals surface area contributed by atoms with Crippen LogP contribution in [0.2, 0.25) is 0 Å². The van der Waals surface area contributed by atoms with E-state index in [4.69, 9.17) is 5.73 Å². The van der Waals surface area contributed by atoms with Gasteiger partial charge in [-0.25, -0.2) is 0 Å². The highest BCUT2D eigenvalue weighted by Gasteiger charge is 2.22. The summed E-state index contributed by atoms with van der Waals surface area (Å²) in [5.41, 5.74) is 7.05. The Morgan fingerprint density at radius 2 is 2.23 bits per heavy atom. The Labute approximate surface area is 133 Å². The molecular weight excluding hydrogens is 276 g/mol. The van der Waals surface area contributed by atoms with Crippen LogP contribution in [0.1, 0.15) is 31.2 Å². The van der Waals surface area contributed by atoms with Crippen molar-refractivity contribution in [3.05, 3.63) is 35.9 Å². The molecule has 2 rings (SSSR count). The lowest BCUT2D eigenvalue weighted by Crippen LogP contribution is -2.42. The SMILES string of the molecule is CCN1CCCC1CNC(N)=NCC(CO)c1ccccc1. The second-order valence-corrected chi connectivity index (χ2v) is 5.82. The number of hydrogen-bond donors (Lipinski definition) is 3. The van der Waals surface area contributed by atoms with Gasteiger partial charge in [0.15, 0.2) is 5.96 Å². The summed E-state index contributed by atoms with van der Waals surface area (Å²) in [6.45, 7) is 5.89. The zero-order chi connectivity index (χ0) is 15.8. The van der Waals surface area contributed by atoms with Gasteiger partial charge in [-0.15, -0.1) is 0 Å². The molecule has 22 heavy (non-hydrogen) atoms. The molecule has 2 unspecified atom stereocenters. The lowest BCUT2D eigenvalue weighted by Gasteiger charge is -2.23. The highest BCUT2D eigenvalue weighted by atomic mass is 16.3. The first-order chi connectivity index (χ1) is 10.7. The van der Waals surface area contributed by atoms with E-state index >= 15 is 0 Å². The lowest BCUT2D eigenvalue weighted by atomic mass is 10.0. The fourth-order valence-electron chi connectivity index (χ4n) is 3.02. The van der Waals surface area contributed by atoms with Crippen molar-refractivity contribution in [3.63, 3.8) is 0 Å². The largest absolute Gasteiger partial charge is 0.396 e. The average molecular weight is 304 g/mol. The van der Waals surface area contributed by atoms with Crippen LogP contribution in [0.15, 0.2) is 35.3 Å². The van der Waals surface area contributed by atoms with Crippen LogP contribution in [0.25, 0.3) is 0 Å². The van der Waals surface area contributed by atoms with Gasteiger partial charge in [-0.1, -0.05) is 37.3 Å². The molecule has 1 aliphatic rings. The van der Waals surface area contributed by atoms with Gasteiger partial charge in [0.2, 0.25) is 0 Å². The van der Waals surface area contributed by atoms with Crippen LogP contribution in [-0.4, -0.2) is 54.8 Å². The van der Waals surface area contributed by atoms with Crippen molar-refractivity contribution in [2.45, 2.75) is 31.7 Å². The molecule has 0 amide bonds.